The van der Waals surface area contributed by atoms with E-state index >= 15 is 0 Å². The van der Waals surface area contributed by atoms with Gasteiger partial charge < -0.3 is 5.32 Å². The number of nitro groups is 1. The molecule has 1 N–H and O–H groups in total. The predicted molar refractivity (Wildman–Crippen MR) is 97.6 cm³/mol. The third-order valence-corrected chi connectivity index (χ3v) is 4.14. The molecule has 0 aliphatic carbocycles. The maximum atomic E-state index is 12.4. The van der Waals surface area contributed by atoms with Crippen molar-refractivity contribution in [1.29, 1.82) is 0 Å². The topological polar surface area (TPSA) is 90.1 Å². The van der Waals surface area contributed by atoms with Gasteiger partial charge in [-0.3, -0.25) is 14.9 Å². The van der Waals surface area contributed by atoms with E-state index in [2.05, 4.69) is 10.4 Å². The van der Waals surface area contributed by atoms with Crippen LogP contribution >= 0.6 is 11.6 Å². The first-order chi connectivity index (χ1) is 12.5. The van der Waals surface area contributed by atoms with E-state index in [1.165, 1.54) is 18.3 Å². The second-order valence-electron chi connectivity index (χ2n) is 5.64. The van der Waals surface area contributed by atoms with Gasteiger partial charge in [-0.25, -0.2) is 4.68 Å². The van der Waals surface area contributed by atoms with E-state index in [9.17, 15) is 14.9 Å². The quantitative estimate of drug-likeness (QED) is 0.548. The number of hydrogen-bond acceptors (Lipinski definition) is 4. The number of non-ortho nitro benzene ring substituents is 1. The monoisotopic (exact) mass is 370 g/mol. The number of amides is 1. The zero-order chi connectivity index (χ0) is 18.7. The van der Waals surface area contributed by atoms with Crippen LogP contribution in [0.3, 0.4) is 0 Å². The van der Waals surface area contributed by atoms with E-state index in [1.54, 1.807) is 35.9 Å². The van der Waals surface area contributed by atoms with Gasteiger partial charge in [-0.2, -0.15) is 5.10 Å². The summed E-state index contributed by atoms with van der Waals surface area (Å²) in [5.41, 5.74) is 2.69. The van der Waals surface area contributed by atoms with Crippen LogP contribution in [-0.2, 0) is 6.54 Å². The first-order valence-electron chi connectivity index (χ1n) is 7.78. The zero-order valence-electron chi connectivity index (χ0n) is 13.8. The molecule has 0 atom stereocenters. The van der Waals surface area contributed by atoms with Crippen LogP contribution in [0.2, 0.25) is 5.02 Å². The van der Waals surface area contributed by atoms with Crippen molar-refractivity contribution in [3.8, 4) is 5.69 Å². The van der Waals surface area contributed by atoms with Crippen LogP contribution in [0.1, 0.15) is 21.6 Å². The summed E-state index contributed by atoms with van der Waals surface area (Å²) in [4.78, 5) is 22.6. The van der Waals surface area contributed by atoms with Crippen LogP contribution in [-0.4, -0.2) is 20.6 Å². The number of hydrogen-bond donors (Lipinski definition) is 1. The van der Waals surface area contributed by atoms with Gasteiger partial charge in [0, 0.05) is 23.7 Å². The highest BCUT2D eigenvalue weighted by molar-refractivity contribution is 6.30. The first-order valence-corrected chi connectivity index (χ1v) is 8.15. The smallest absolute Gasteiger partial charge is 0.269 e. The maximum absolute atomic E-state index is 12.4. The van der Waals surface area contributed by atoms with Crippen molar-refractivity contribution in [3.63, 3.8) is 0 Å². The number of nitro benzene ring substituents is 1. The highest BCUT2D eigenvalue weighted by atomic mass is 35.5. The van der Waals surface area contributed by atoms with Gasteiger partial charge in [0.2, 0.25) is 0 Å². The van der Waals surface area contributed by atoms with Gasteiger partial charge >= 0.3 is 0 Å². The van der Waals surface area contributed by atoms with E-state index in [0.717, 1.165) is 11.3 Å². The van der Waals surface area contributed by atoms with Crippen LogP contribution in [0.5, 0.6) is 0 Å². The lowest BCUT2D eigenvalue weighted by molar-refractivity contribution is -0.384. The highest BCUT2D eigenvalue weighted by Crippen LogP contribution is 2.18. The largest absolute Gasteiger partial charge is 0.348 e. The summed E-state index contributed by atoms with van der Waals surface area (Å²) in [7, 11) is 0. The second kappa shape index (κ2) is 7.37. The van der Waals surface area contributed by atoms with E-state index in [-0.39, 0.29) is 18.1 Å². The molecule has 1 heterocycles. The average Bonchev–Trinajstić information content (AvgIpc) is 3.01. The fourth-order valence-corrected chi connectivity index (χ4v) is 2.70. The molecule has 0 spiro atoms. The zero-order valence-corrected chi connectivity index (χ0v) is 14.6. The third-order valence-electron chi connectivity index (χ3n) is 3.91. The van der Waals surface area contributed by atoms with Crippen molar-refractivity contribution in [1.82, 2.24) is 15.1 Å². The van der Waals surface area contributed by atoms with E-state index < -0.39 is 4.92 Å². The minimum absolute atomic E-state index is 0.0127. The number of nitrogens with zero attached hydrogens (tertiary/aromatic N) is 3. The summed E-state index contributed by atoms with van der Waals surface area (Å²) in [6, 6.07) is 13.2. The fourth-order valence-electron chi connectivity index (χ4n) is 2.51. The molecule has 0 saturated heterocycles. The average molecular weight is 371 g/mol. The molecular formula is C18H15ClN4O3. The summed E-state index contributed by atoms with van der Waals surface area (Å²) in [5, 5.41) is 18.3. The van der Waals surface area contributed by atoms with Crippen LogP contribution in [0, 0.1) is 17.0 Å². The van der Waals surface area contributed by atoms with E-state index in [1.807, 2.05) is 12.1 Å². The summed E-state index contributed by atoms with van der Waals surface area (Å²) in [6.07, 6.45) is 1.50. The van der Waals surface area contributed by atoms with Crippen molar-refractivity contribution in [2.24, 2.45) is 0 Å². The number of carbonyl (C=O) groups is 1. The minimum Gasteiger partial charge on any atom is -0.348 e. The molecule has 8 heteroatoms. The standard InChI is InChI=1S/C18H15ClN4O3/c1-12-17(11-21-22(12)16-4-2-3-14(19)9-16)18(24)20-10-13-5-7-15(8-6-13)23(25)26/h2-9,11H,10H2,1H3,(H,20,24). The summed E-state index contributed by atoms with van der Waals surface area (Å²) in [5.74, 6) is -0.269. The Labute approximate surface area is 154 Å². The summed E-state index contributed by atoms with van der Waals surface area (Å²) in [6.45, 7) is 2.06. The molecule has 0 radical (unpaired) electrons. The Morgan fingerprint density at radius 1 is 1.27 bits per heavy atom. The lowest BCUT2D eigenvalue weighted by atomic mass is 10.2. The van der Waals surface area contributed by atoms with Crippen molar-refractivity contribution >= 4 is 23.2 Å². The molecule has 7 nitrogen and oxygen atoms in total. The van der Waals surface area contributed by atoms with Gasteiger partial charge in [0.25, 0.3) is 11.6 Å². The molecule has 3 aromatic rings. The molecule has 0 unspecified atom stereocenters. The number of halogens is 1. The van der Waals surface area contributed by atoms with Gasteiger partial charge in [0.05, 0.1) is 28.1 Å². The molecule has 1 amide bonds. The Balaban J connectivity index is 1.71. The molecule has 0 fully saturated rings. The SMILES string of the molecule is Cc1c(C(=O)NCc2ccc([N+](=O)[O-])cc2)cnn1-c1cccc(Cl)c1. The molecule has 0 aliphatic heterocycles. The number of benzene rings is 2. The molecule has 0 bridgehead atoms. The third kappa shape index (κ3) is 3.73. The predicted octanol–water partition coefficient (Wildman–Crippen LogP) is 3.67. The Morgan fingerprint density at radius 3 is 2.65 bits per heavy atom. The van der Waals surface area contributed by atoms with Gasteiger partial charge in [-0.1, -0.05) is 29.8 Å². The Bertz CT molecular complexity index is 967. The van der Waals surface area contributed by atoms with Gasteiger partial charge in [-0.15, -0.1) is 0 Å². The molecular weight excluding hydrogens is 356 g/mol. The van der Waals surface area contributed by atoms with Crippen molar-refractivity contribution in [2.75, 3.05) is 0 Å². The first kappa shape index (κ1) is 17.6. The summed E-state index contributed by atoms with van der Waals surface area (Å²) >= 11 is 6.00. The van der Waals surface area contributed by atoms with Gasteiger partial charge in [0.15, 0.2) is 0 Å². The van der Waals surface area contributed by atoms with Gasteiger partial charge in [-0.05, 0) is 30.7 Å². The molecule has 2 aromatic carbocycles. The van der Waals surface area contributed by atoms with Crippen LogP contribution in [0.4, 0.5) is 5.69 Å². The number of aromatic nitrogens is 2. The Hall–Kier alpha value is -3.19. The van der Waals surface area contributed by atoms with Crippen LogP contribution in [0.25, 0.3) is 5.69 Å². The number of nitrogens with one attached hydrogen (secondary N) is 1. The van der Waals surface area contributed by atoms with E-state index in [4.69, 9.17) is 11.6 Å². The minimum atomic E-state index is -0.462. The lowest BCUT2D eigenvalue weighted by Crippen LogP contribution is -2.23. The number of carbonyl (C=O) groups excluding carboxylic acids is 1. The molecule has 132 valence electrons. The fraction of sp³-hybridized carbons (Fsp3) is 0.111. The van der Waals surface area contributed by atoms with Crippen molar-refractivity contribution in [2.45, 2.75) is 13.5 Å². The normalized spacial score (nSPS) is 10.5. The second-order valence-corrected chi connectivity index (χ2v) is 6.08. The van der Waals surface area contributed by atoms with E-state index in [0.29, 0.717) is 16.3 Å². The molecule has 1 aromatic heterocycles. The van der Waals surface area contributed by atoms with Crippen LogP contribution in [0.15, 0.2) is 54.7 Å². The van der Waals surface area contributed by atoms with Crippen molar-refractivity contribution < 1.29 is 9.72 Å². The highest BCUT2D eigenvalue weighted by Gasteiger charge is 2.15. The summed E-state index contributed by atoms with van der Waals surface area (Å²) < 4.78 is 1.65. The van der Waals surface area contributed by atoms with Crippen LogP contribution < -0.4 is 5.32 Å². The maximum Gasteiger partial charge on any atom is 0.269 e. The van der Waals surface area contributed by atoms with Gasteiger partial charge in [0.1, 0.15) is 0 Å². The molecule has 26 heavy (non-hydrogen) atoms. The van der Waals surface area contributed by atoms with Crippen molar-refractivity contribution in [3.05, 3.63) is 86.7 Å². The molecule has 0 saturated carbocycles. The Morgan fingerprint density at radius 2 is 2.00 bits per heavy atom. The molecule has 3 rings (SSSR count). The molecule has 0 aliphatic rings. The lowest BCUT2D eigenvalue weighted by Gasteiger charge is -2.07. The Kier molecular flexibility index (Phi) is 4.99. The number of rotatable bonds is 5.